The van der Waals surface area contributed by atoms with Crippen molar-refractivity contribution in [3.8, 4) is 5.75 Å². The molecule has 0 bridgehead atoms. The highest BCUT2D eigenvalue weighted by Crippen LogP contribution is 2.26. The molecule has 0 aliphatic carbocycles. The highest BCUT2D eigenvalue weighted by Gasteiger charge is 2.36. The molecule has 29 heavy (non-hydrogen) atoms. The van der Waals surface area contributed by atoms with Crippen molar-refractivity contribution in [2.24, 2.45) is 0 Å². The summed E-state index contributed by atoms with van der Waals surface area (Å²) in [5.41, 5.74) is 3.72. The van der Waals surface area contributed by atoms with Gasteiger partial charge in [0.15, 0.2) is 0 Å². The van der Waals surface area contributed by atoms with Gasteiger partial charge in [-0.2, -0.15) is 0 Å². The molecule has 3 aromatic carbocycles. The van der Waals surface area contributed by atoms with Gasteiger partial charge in [-0.25, -0.2) is 4.79 Å². The number of fused-ring (bicyclic) bond motifs is 1. The summed E-state index contributed by atoms with van der Waals surface area (Å²) in [6.45, 7) is 4.11. The van der Waals surface area contributed by atoms with Crippen LogP contribution in [0, 0.1) is 13.8 Å². The number of esters is 1. The number of ether oxygens (including phenoxy) is 1. The van der Waals surface area contributed by atoms with E-state index < -0.39 is 11.9 Å². The molecule has 0 aromatic heterocycles. The van der Waals surface area contributed by atoms with E-state index in [9.17, 15) is 14.4 Å². The number of carbonyl (C=O) groups is 3. The Morgan fingerprint density at radius 2 is 1.55 bits per heavy atom. The summed E-state index contributed by atoms with van der Waals surface area (Å²) in [6, 6.07) is 19.2. The summed E-state index contributed by atoms with van der Waals surface area (Å²) >= 11 is 0. The molecule has 4 rings (SSSR count). The summed E-state index contributed by atoms with van der Waals surface area (Å²) in [7, 11) is 0. The average Bonchev–Trinajstić information content (AvgIpc) is 2.96. The molecule has 0 unspecified atom stereocenters. The smallest absolute Gasteiger partial charge is 0.343 e. The molecule has 3 aromatic rings. The Morgan fingerprint density at radius 3 is 2.28 bits per heavy atom. The van der Waals surface area contributed by atoms with Gasteiger partial charge in [-0.3, -0.25) is 14.5 Å². The maximum absolute atomic E-state index is 12.8. The predicted octanol–water partition coefficient (Wildman–Crippen LogP) is 4.32. The predicted molar refractivity (Wildman–Crippen MR) is 108 cm³/mol. The Hall–Kier alpha value is -3.73. The monoisotopic (exact) mass is 385 g/mol. The van der Waals surface area contributed by atoms with Crippen LogP contribution in [0.2, 0.25) is 0 Å². The molecule has 1 aliphatic rings. The number of nitrogens with zero attached hydrogens (tertiary/aromatic N) is 1. The second-order valence-electron chi connectivity index (χ2n) is 7.08. The summed E-state index contributed by atoms with van der Waals surface area (Å²) in [5.74, 6) is -0.901. The average molecular weight is 385 g/mol. The third kappa shape index (κ3) is 3.55. The molecule has 1 aliphatic heterocycles. The Labute approximate surface area is 168 Å². The van der Waals surface area contributed by atoms with E-state index in [1.165, 1.54) is 23.1 Å². The number of amides is 2. The van der Waals surface area contributed by atoms with Gasteiger partial charge in [-0.15, -0.1) is 0 Å². The minimum atomic E-state index is -0.571. The molecule has 0 atom stereocenters. The van der Waals surface area contributed by atoms with E-state index in [0.29, 0.717) is 11.3 Å². The number of rotatable bonds is 4. The molecule has 1 heterocycles. The lowest BCUT2D eigenvalue weighted by Gasteiger charge is -2.13. The fourth-order valence-electron chi connectivity index (χ4n) is 3.27. The van der Waals surface area contributed by atoms with Crippen LogP contribution >= 0.6 is 0 Å². The van der Waals surface area contributed by atoms with Crippen molar-refractivity contribution in [2.75, 3.05) is 0 Å². The van der Waals surface area contributed by atoms with Crippen molar-refractivity contribution in [2.45, 2.75) is 20.4 Å². The van der Waals surface area contributed by atoms with E-state index in [0.717, 1.165) is 16.7 Å². The summed E-state index contributed by atoms with van der Waals surface area (Å²) < 4.78 is 5.43. The van der Waals surface area contributed by atoms with Crippen molar-refractivity contribution in [3.05, 3.63) is 100 Å². The number of hydrogen-bond donors (Lipinski definition) is 0. The van der Waals surface area contributed by atoms with Crippen LogP contribution in [-0.4, -0.2) is 22.7 Å². The van der Waals surface area contributed by atoms with Crippen LogP contribution in [0.3, 0.4) is 0 Å². The number of hydrogen-bond acceptors (Lipinski definition) is 4. The highest BCUT2D eigenvalue weighted by molar-refractivity contribution is 6.21. The molecule has 2 amide bonds. The van der Waals surface area contributed by atoms with Gasteiger partial charge in [0.2, 0.25) is 0 Å². The van der Waals surface area contributed by atoms with E-state index in [4.69, 9.17) is 4.74 Å². The molecule has 5 heteroatoms. The fraction of sp³-hybridized carbons (Fsp3) is 0.125. The second-order valence-corrected chi connectivity index (χ2v) is 7.08. The van der Waals surface area contributed by atoms with E-state index in [1.807, 2.05) is 50.2 Å². The van der Waals surface area contributed by atoms with Crippen molar-refractivity contribution >= 4 is 17.8 Å². The van der Waals surface area contributed by atoms with Gasteiger partial charge in [0, 0.05) is 0 Å². The Bertz CT molecular complexity index is 1130. The number of aryl methyl sites for hydroxylation is 2. The zero-order chi connectivity index (χ0) is 20.5. The SMILES string of the molecule is Cc1ccc(OC(=O)c2ccc3c(c2)C(=O)N(Cc2ccccc2)C3=O)cc1C. The maximum Gasteiger partial charge on any atom is 0.343 e. The lowest BCUT2D eigenvalue weighted by atomic mass is 10.1. The standard InChI is InChI=1S/C24H19NO4/c1-15-8-10-19(12-16(15)2)29-24(28)18-9-11-20-21(13-18)23(27)25(22(20)26)14-17-6-4-3-5-7-17/h3-13H,14H2,1-2H3. The molecule has 144 valence electrons. The van der Waals surface area contributed by atoms with Crippen LogP contribution in [0.25, 0.3) is 0 Å². The van der Waals surface area contributed by atoms with Crippen LogP contribution in [0.15, 0.2) is 66.7 Å². The normalized spacial score (nSPS) is 12.8. The first-order valence-electron chi connectivity index (χ1n) is 9.27. The van der Waals surface area contributed by atoms with Gasteiger partial charge >= 0.3 is 5.97 Å². The van der Waals surface area contributed by atoms with Gasteiger partial charge in [0.05, 0.1) is 23.2 Å². The van der Waals surface area contributed by atoms with Gasteiger partial charge in [-0.1, -0.05) is 36.4 Å². The number of carbonyl (C=O) groups excluding carboxylic acids is 3. The van der Waals surface area contributed by atoms with E-state index >= 15 is 0 Å². The summed E-state index contributed by atoms with van der Waals surface area (Å²) in [5, 5.41) is 0. The van der Waals surface area contributed by atoms with Crippen LogP contribution in [0.5, 0.6) is 5.75 Å². The van der Waals surface area contributed by atoms with Crippen LogP contribution < -0.4 is 4.74 Å². The molecule has 0 radical (unpaired) electrons. The van der Waals surface area contributed by atoms with E-state index in [1.54, 1.807) is 12.1 Å². The molecule has 0 fully saturated rings. The molecule has 0 saturated carbocycles. The lowest BCUT2D eigenvalue weighted by Crippen LogP contribution is -2.29. The van der Waals surface area contributed by atoms with Crippen molar-refractivity contribution in [3.63, 3.8) is 0 Å². The van der Waals surface area contributed by atoms with Gasteiger partial charge in [0.1, 0.15) is 5.75 Å². The van der Waals surface area contributed by atoms with Gasteiger partial charge in [0.25, 0.3) is 11.8 Å². The first-order valence-corrected chi connectivity index (χ1v) is 9.27. The first-order chi connectivity index (χ1) is 13.9. The Balaban J connectivity index is 1.56. The summed E-state index contributed by atoms with van der Waals surface area (Å²) in [6.07, 6.45) is 0. The lowest BCUT2D eigenvalue weighted by molar-refractivity contribution is 0.0641. The zero-order valence-electron chi connectivity index (χ0n) is 16.1. The number of benzene rings is 3. The number of imide groups is 1. The Morgan fingerprint density at radius 1 is 0.828 bits per heavy atom. The molecule has 0 saturated heterocycles. The zero-order valence-corrected chi connectivity index (χ0v) is 16.1. The van der Waals surface area contributed by atoms with E-state index in [2.05, 4.69) is 0 Å². The highest BCUT2D eigenvalue weighted by atomic mass is 16.5. The van der Waals surface area contributed by atoms with Crippen molar-refractivity contribution in [1.82, 2.24) is 4.90 Å². The molecule has 5 nitrogen and oxygen atoms in total. The molecule has 0 spiro atoms. The van der Waals surface area contributed by atoms with Gasteiger partial charge < -0.3 is 4.74 Å². The van der Waals surface area contributed by atoms with Gasteiger partial charge in [-0.05, 0) is 60.9 Å². The van der Waals surface area contributed by atoms with E-state index in [-0.39, 0.29) is 23.6 Å². The van der Waals surface area contributed by atoms with Crippen LogP contribution in [0.1, 0.15) is 47.8 Å². The van der Waals surface area contributed by atoms with Crippen LogP contribution in [-0.2, 0) is 6.54 Å². The minimum absolute atomic E-state index is 0.190. The Kier molecular flexibility index (Phi) is 4.72. The second kappa shape index (κ2) is 7.36. The maximum atomic E-state index is 12.8. The first kappa shape index (κ1) is 18.6. The third-order valence-corrected chi connectivity index (χ3v) is 5.08. The quantitative estimate of drug-likeness (QED) is 0.381. The summed E-state index contributed by atoms with van der Waals surface area (Å²) in [4.78, 5) is 39.2. The third-order valence-electron chi connectivity index (χ3n) is 5.08. The molecular weight excluding hydrogens is 366 g/mol. The molecular formula is C24H19NO4. The minimum Gasteiger partial charge on any atom is -0.423 e. The fourth-order valence-corrected chi connectivity index (χ4v) is 3.27. The van der Waals surface area contributed by atoms with Crippen molar-refractivity contribution < 1.29 is 19.1 Å². The molecule has 0 N–H and O–H groups in total. The largest absolute Gasteiger partial charge is 0.423 e. The van der Waals surface area contributed by atoms with Crippen LogP contribution in [0.4, 0.5) is 0 Å². The van der Waals surface area contributed by atoms with Crippen molar-refractivity contribution in [1.29, 1.82) is 0 Å². The topological polar surface area (TPSA) is 63.7 Å².